The molecule has 0 saturated heterocycles. The fourth-order valence-corrected chi connectivity index (χ4v) is 3.02. The summed E-state index contributed by atoms with van der Waals surface area (Å²) in [5, 5.41) is 8.11. The van der Waals surface area contributed by atoms with Crippen LogP contribution in [-0.2, 0) is 10.0 Å². The number of carbonyl (C=O) groups excluding carboxylic acids is 1. The van der Waals surface area contributed by atoms with E-state index in [1.807, 2.05) is 6.92 Å². The highest BCUT2D eigenvalue weighted by Crippen LogP contribution is 2.26. The summed E-state index contributed by atoms with van der Waals surface area (Å²) >= 11 is 9.27. The standard InChI is InChI=1S/C14H12BrClN2O3S/c1-8-2-5-13(12(16)6-8)18-14(19)10-7-9(22(17,20)21)3-4-11(10)15/h2-7H,1H3,(H,18,19)(H2,17,20,21). The Morgan fingerprint density at radius 1 is 1.23 bits per heavy atom. The molecule has 0 fully saturated rings. The number of hydrogen-bond acceptors (Lipinski definition) is 3. The zero-order valence-corrected chi connectivity index (χ0v) is 14.6. The van der Waals surface area contributed by atoms with Crippen molar-refractivity contribution in [2.24, 2.45) is 5.14 Å². The number of benzene rings is 2. The van der Waals surface area contributed by atoms with Crippen molar-refractivity contribution in [3.63, 3.8) is 0 Å². The van der Waals surface area contributed by atoms with Crippen LogP contribution in [0.15, 0.2) is 45.8 Å². The van der Waals surface area contributed by atoms with Gasteiger partial charge in [0.2, 0.25) is 10.0 Å². The van der Waals surface area contributed by atoms with Gasteiger partial charge in [-0.05, 0) is 58.7 Å². The fourth-order valence-electron chi connectivity index (χ4n) is 1.77. The van der Waals surface area contributed by atoms with Crippen LogP contribution in [0.1, 0.15) is 15.9 Å². The molecule has 0 radical (unpaired) electrons. The predicted molar refractivity (Wildman–Crippen MR) is 89.7 cm³/mol. The van der Waals surface area contributed by atoms with Gasteiger partial charge in [-0.15, -0.1) is 0 Å². The Bertz CT molecular complexity index is 853. The number of primary sulfonamides is 1. The molecule has 0 aliphatic heterocycles. The normalized spacial score (nSPS) is 11.3. The number of aryl methyl sites for hydroxylation is 1. The van der Waals surface area contributed by atoms with Gasteiger partial charge >= 0.3 is 0 Å². The lowest BCUT2D eigenvalue weighted by molar-refractivity contribution is 0.102. The Kier molecular flexibility index (Phi) is 4.91. The molecule has 0 saturated carbocycles. The highest BCUT2D eigenvalue weighted by atomic mass is 79.9. The van der Waals surface area contributed by atoms with Gasteiger partial charge in [0, 0.05) is 4.47 Å². The number of anilines is 1. The summed E-state index contributed by atoms with van der Waals surface area (Å²) in [6, 6.07) is 9.16. The molecule has 0 heterocycles. The monoisotopic (exact) mass is 402 g/mol. The van der Waals surface area contributed by atoms with Crippen molar-refractivity contribution in [3.8, 4) is 0 Å². The van der Waals surface area contributed by atoms with E-state index in [1.165, 1.54) is 18.2 Å². The van der Waals surface area contributed by atoms with Gasteiger partial charge in [-0.2, -0.15) is 0 Å². The maximum Gasteiger partial charge on any atom is 0.256 e. The summed E-state index contributed by atoms with van der Waals surface area (Å²) in [7, 11) is -3.89. The van der Waals surface area contributed by atoms with Crippen molar-refractivity contribution in [3.05, 3.63) is 57.0 Å². The molecule has 116 valence electrons. The Labute approximate surface area is 141 Å². The SMILES string of the molecule is Cc1ccc(NC(=O)c2cc(S(N)(=O)=O)ccc2Br)c(Cl)c1. The van der Waals surface area contributed by atoms with Gasteiger partial charge in [0.05, 0.1) is 21.2 Å². The minimum atomic E-state index is -3.89. The van der Waals surface area contributed by atoms with Crippen molar-refractivity contribution in [1.29, 1.82) is 0 Å². The summed E-state index contributed by atoms with van der Waals surface area (Å²) in [6.45, 7) is 1.88. The highest BCUT2D eigenvalue weighted by molar-refractivity contribution is 9.10. The highest BCUT2D eigenvalue weighted by Gasteiger charge is 2.16. The van der Waals surface area contributed by atoms with Gasteiger partial charge in [0.1, 0.15) is 0 Å². The van der Waals surface area contributed by atoms with Crippen molar-refractivity contribution in [1.82, 2.24) is 0 Å². The van der Waals surface area contributed by atoms with Crippen molar-refractivity contribution in [2.75, 3.05) is 5.32 Å². The van der Waals surface area contributed by atoms with Gasteiger partial charge in [-0.1, -0.05) is 17.7 Å². The van der Waals surface area contributed by atoms with E-state index in [4.69, 9.17) is 16.7 Å². The second-order valence-electron chi connectivity index (χ2n) is 4.62. The van der Waals surface area contributed by atoms with Crippen molar-refractivity contribution in [2.45, 2.75) is 11.8 Å². The first-order chi connectivity index (χ1) is 10.2. The molecule has 0 aliphatic carbocycles. The predicted octanol–water partition coefficient (Wildman–Crippen LogP) is 3.31. The Morgan fingerprint density at radius 3 is 2.50 bits per heavy atom. The average molecular weight is 404 g/mol. The van der Waals surface area contributed by atoms with E-state index in [-0.39, 0.29) is 10.5 Å². The molecule has 2 aromatic carbocycles. The van der Waals surface area contributed by atoms with E-state index >= 15 is 0 Å². The van der Waals surface area contributed by atoms with Gasteiger partial charge in [0.15, 0.2) is 0 Å². The van der Waals surface area contributed by atoms with Crippen molar-refractivity contribution >= 4 is 49.1 Å². The van der Waals surface area contributed by atoms with E-state index in [9.17, 15) is 13.2 Å². The minimum absolute atomic E-state index is 0.142. The van der Waals surface area contributed by atoms with Gasteiger partial charge in [-0.3, -0.25) is 4.79 Å². The fraction of sp³-hybridized carbons (Fsp3) is 0.0714. The molecule has 8 heteroatoms. The number of carbonyl (C=O) groups is 1. The smallest absolute Gasteiger partial charge is 0.256 e. The molecule has 0 aromatic heterocycles. The zero-order valence-electron chi connectivity index (χ0n) is 11.4. The first-order valence-corrected chi connectivity index (χ1v) is 8.80. The maximum atomic E-state index is 12.3. The van der Waals surface area contributed by atoms with Crippen LogP contribution in [0.4, 0.5) is 5.69 Å². The van der Waals surface area contributed by atoms with Crippen LogP contribution in [0.5, 0.6) is 0 Å². The van der Waals surface area contributed by atoms with E-state index in [2.05, 4.69) is 21.2 Å². The molecule has 2 aromatic rings. The lowest BCUT2D eigenvalue weighted by atomic mass is 10.2. The molecule has 5 nitrogen and oxygen atoms in total. The summed E-state index contributed by atoms with van der Waals surface area (Å²) in [6.07, 6.45) is 0. The topological polar surface area (TPSA) is 89.3 Å². The first kappa shape index (κ1) is 17.0. The quantitative estimate of drug-likeness (QED) is 0.824. The maximum absolute atomic E-state index is 12.3. The minimum Gasteiger partial charge on any atom is -0.321 e. The van der Waals surface area contributed by atoms with Gasteiger partial charge < -0.3 is 5.32 Å². The Morgan fingerprint density at radius 2 is 1.91 bits per heavy atom. The number of hydrogen-bond donors (Lipinski definition) is 2. The summed E-state index contributed by atoms with van der Waals surface area (Å²) < 4.78 is 23.2. The van der Waals surface area contributed by atoms with Crippen LogP contribution < -0.4 is 10.5 Å². The van der Waals surface area contributed by atoms with E-state index in [0.717, 1.165) is 5.56 Å². The second kappa shape index (κ2) is 6.37. The molecule has 0 aliphatic rings. The molecule has 0 bridgehead atoms. The molecule has 22 heavy (non-hydrogen) atoms. The lowest BCUT2D eigenvalue weighted by Crippen LogP contribution is -2.16. The van der Waals surface area contributed by atoms with E-state index in [0.29, 0.717) is 15.2 Å². The molecule has 1 amide bonds. The number of nitrogens with one attached hydrogen (secondary N) is 1. The van der Waals surface area contributed by atoms with E-state index in [1.54, 1.807) is 18.2 Å². The number of amides is 1. The average Bonchev–Trinajstić information content (AvgIpc) is 2.41. The number of nitrogens with two attached hydrogens (primary N) is 1. The third-order valence-electron chi connectivity index (χ3n) is 2.88. The van der Waals surface area contributed by atoms with Crippen LogP contribution in [0.3, 0.4) is 0 Å². The molecular weight excluding hydrogens is 392 g/mol. The Balaban J connectivity index is 2.37. The van der Waals surface area contributed by atoms with Crippen LogP contribution in [0, 0.1) is 6.92 Å². The molecule has 3 N–H and O–H groups in total. The summed E-state index contributed by atoms with van der Waals surface area (Å²) in [5.74, 6) is -0.497. The number of sulfonamides is 1. The van der Waals surface area contributed by atoms with Gasteiger partial charge in [-0.25, -0.2) is 13.6 Å². The molecule has 2 rings (SSSR count). The first-order valence-electron chi connectivity index (χ1n) is 6.08. The lowest BCUT2D eigenvalue weighted by Gasteiger charge is -2.10. The van der Waals surface area contributed by atoms with Gasteiger partial charge in [0.25, 0.3) is 5.91 Å². The second-order valence-corrected chi connectivity index (χ2v) is 7.45. The molecular formula is C14H12BrClN2O3S. The number of rotatable bonds is 3. The zero-order chi connectivity index (χ0) is 16.5. The number of halogens is 2. The molecule has 0 atom stereocenters. The largest absolute Gasteiger partial charge is 0.321 e. The summed E-state index contributed by atoms with van der Waals surface area (Å²) in [4.78, 5) is 12.2. The van der Waals surface area contributed by atoms with E-state index < -0.39 is 15.9 Å². The summed E-state index contributed by atoms with van der Waals surface area (Å²) in [5.41, 5.74) is 1.54. The van der Waals surface area contributed by atoms with Crippen LogP contribution >= 0.6 is 27.5 Å². The van der Waals surface area contributed by atoms with Crippen LogP contribution in [0.2, 0.25) is 5.02 Å². The Hall–Kier alpha value is -1.41. The molecule has 0 spiro atoms. The van der Waals surface area contributed by atoms with Crippen LogP contribution in [0.25, 0.3) is 0 Å². The molecule has 0 unspecified atom stereocenters. The van der Waals surface area contributed by atoms with Crippen molar-refractivity contribution < 1.29 is 13.2 Å². The van der Waals surface area contributed by atoms with Crippen LogP contribution in [-0.4, -0.2) is 14.3 Å². The third kappa shape index (κ3) is 3.86. The third-order valence-corrected chi connectivity index (χ3v) is 4.80.